The number of nitrogens with zero attached hydrogens (tertiary/aromatic N) is 4. The first kappa shape index (κ1) is 17.0. The second kappa shape index (κ2) is 6.93. The predicted molar refractivity (Wildman–Crippen MR) is 97.6 cm³/mol. The fraction of sp³-hybridized carbons (Fsp3) is 0.316. The van der Waals surface area contributed by atoms with E-state index >= 15 is 0 Å². The van der Waals surface area contributed by atoms with E-state index in [0.717, 1.165) is 16.9 Å². The van der Waals surface area contributed by atoms with Crippen LogP contribution in [0.25, 0.3) is 11.0 Å². The number of fused-ring (bicyclic) bond motifs is 1. The van der Waals surface area contributed by atoms with Gasteiger partial charge in [0, 0.05) is 20.3 Å². The summed E-state index contributed by atoms with van der Waals surface area (Å²) in [5.74, 6) is 1.12. The average Bonchev–Trinajstić information content (AvgIpc) is 2.90. The normalized spacial score (nSPS) is 11.1. The van der Waals surface area contributed by atoms with Gasteiger partial charge in [-0.1, -0.05) is 12.1 Å². The molecule has 0 saturated carbocycles. The van der Waals surface area contributed by atoms with E-state index in [0.29, 0.717) is 17.9 Å². The van der Waals surface area contributed by atoms with Gasteiger partial charge in [-0.15, -0.1) is 0 Å². The lowest BCUT2D eigenvalue weighted by Crippen LogP contribution is -2.23. The lowest BCUT2D eigenvalue weighted by atomic mass is 10.2. The summed E-state index contributed by atoms with van der Waals surface area (Å²) in [6.07, 6.45) is 1.50. The van der Waals surface area contributed by atoms with Gasteiger partial charge in [0.1, 0.15) is 17.2 Å². The third-order valence-electron chi connectivity index (χ3n) is 3.97. The Hall–Kier alpha value is -2.89. The van der Waals surface area contributed by atoms with Crippen molar-refractivity contribution in [1.82, 2.24) is 14.5 Å². The fourth-order valence-corrected chi connectivity index (χ4v) is 2.76. The zero-order valence-electron chi connectivity index (χ0n) is 14.9. The first-order valence-corrected chi connectivity index (χ1v) is 8.25. The Morgan fingerprint density at radius 3 is 2.72 bits per heavy atom. The molecule has 0 saturated heterocycles. The van der Waals surface area contributed by atoms with E-state index in [1.165, 1.54) is 0 Å². The highest BCUT2D eigenvalue weighted by Crippen LogP contribution is 2.21. The molecule has 6 heteroatoms. The lowest BCUT2D eigenvalue weighted by Gasteiger charge is -2.20. The van der Waals surface area contributed by atoms with Crippen molar-refractivity contribution in [3.05, 3.63) is 54.0 Å². The van der Waals surface area contributed by atoms with Crippen molar-refractivity contribution in [2.75, 3.05) is 11.9 Å². The van der Waals surface area contributed by atoms with Gasteiger partial charge in [-0.3, -0.25) is 0 Å². The number of rotatable bonds is 5. The van der Waals surface area contributed by atoms with Gasteiger partial charge < -0.3 is 14.2 Å². The first-order chi connectivity index (χ1) is 12.0. The van der Waals surface area contributed by atoms with E-state index in [9.17, 15) is 4.79 Å². The van der Waals surface area contributed by atoms with Crippen molar-refractivity contribution < 1.29 is 9.53 Å². The number of pyridine rings is 1. The highest BCUT2D eigenvalue weighted by atomic mass is 16.5. The van der Waals surface area contributed by atoms with Gasteiger partial charge in [-0.05, 0) is 38.1 Å². The summed E-state index contributed by atoms with van der Waals surface area (Å²) in [6, 6.07) is 11.5. The van der Waals surface area contributed by atoms with Crippen LogP contribution in [0.2, 0.25) is 0 Å². The van der Waals surface area contributed by atoms with Gasteiger partial charge >= 0.3 is 5.97 Å². The summed E-state index contributed by atoms with van der Waals surface area (Å²) in [6.45, 7) is 4.19. The molecule has 0 fully saturated rings. The number of carbonyl (C=O) groups is 1. The number of anilines is 1. The lowest BCUT2D eigenvalue weighted by molar-refractivity contribution is 0.0378. The van der Waals surface area contributed by atoms with Gasteiger partial charge in [0.15, 0.2) is 0 Å². The Labute approximate surface area is 147 Å². The zero-order chi connectivity index (χ0) is 18.0. The van der Waals surface area contributed by atoms with Crippen molar-refractivity contribution in [3.8, 4) is 0 Å². The molecule has 130 valence electrons. The van der Waals surface area contributed by atoms with Crippen LogP contribution in [0.15, 0.2) is 42.6 Å². The molecule has 6 nitrogen and oxygen atoms in total. The molecule has 1 aromatic carbocycles. The molecule has 0 aliphatic rings. The summed E-state index contributed by atoms with van der Waals surface area (Å²) in [5.41, 5.74) is 2.48. The van der Waals surface area contributed by atoms with Crippen LogP contribution in [0.1, 0.15) is 30.0 Å². The van der Waals surface area contributed by atoms with Gasteiger partial charge in [0.2, 0.25) is 0 Å². The first-order valence-electron chi connectivity index (χ1n) is 8.25. The smallest absolute Gasteiger partial charge is 0.342 e. The number of aromatic nitrogens is 3. The van der Waals surface area contributed by atoms with Crippen LogP contribution in [0.5, 0.6) is 0 Å². The summed E-state index contributed by atoms with van der Waals surface area (Å²) < 4.78 is 7.38. The minimum atomic E-state index is -0.366. The van der Waals surface area contributed by atoms with E-state index in [1.54, 1.807) is 18.3 Å². The Bertz CT molecular complexity index is 901. The highest BCUT2D eigenvalue weighted by molar-refractivity contribution is 5.94. The number of hydrogen-bond acceptors (Lipinski definition) is 5. The predicted octanol–water partition coefficient (Wildman–Crippen LogP) is 3.17. The van der Waals surface area contributed by atoms with Crippen LogP contribution >= 0.6 is 0 Å². The molecule has 0 aliphatic carbocycles. The van der Waals surface area contributed by atoms with Crippen molar-refractivity contribution >= 4 is 22.8 Å². The molecule has 0 amide bonds. The minimum absolute atomic E-state index is 0.175. The van der Waals surface area contributed by atoms with Gasteiger partial charge in [-0.2, -0.15) is 0 Å². The average molecular weight is 338 g/mol. The molecule has 0 atom stereocenters. The number of para-hydroxylation sites is 2. The Morgan fingerprint density at radius 2 is 2.00 bits per heavy atom. The molecule has 0 unspecified atom stereocenters. The molecular formula is C19H22N4O2. The van der Waals surface area contributed by atoms with E-state index in [1.807, 2.05) is 57.1 Å². The topological polar surface area (TPSA) is 60.2 Å². The highest BCUT2D eigenvalue weighted by Gasteiger charge is 2.19. The van der Waals surface area contributed by atoms with Gasteiger partial charge in [0.05, 0.1) is 23.7 Å². The molecule has 3 aromatic rings. The van der Waals surface area contributed by atoms with Crippen LogP contribution in [0, 0.1) is 0 Å². The van der Waals surface area contributed by atoms with Crippen LogP contribution in [0.3, 0.4) is 0 Å². The van der Waals surface area contributed by atoms with E-state index in [-0.39, 0.29) is 12.1 Å². The molecular weight excluding hydrogens is 316 g/mol. The molecule has 2 heterocycles. The number of aryl methyl sites for hydroxylation is 1. The number of esters is 1. The van der Waals surface area contributed by atoms with Crippen LogP contribution in [-0.2, 0) is 18.3 Å². The molecule has 0 N–H and O–H groups in total. The largest absolute Gasteiger partial charge is 0.459 e. The van der Waals surface area contributed by atoms with Crippen molar-refractivity contribution in [2.24, 2.45) is 7.05 Å². The Kier molecular flexibility index (Phi) is 4.70. The number of imidazole rings is 1. The quantitative estimate of drug-likeness (QED) is 0.669. The second-order valence-electron chi connectivity index (χ2n) is 6.26. The maximum Gasteiger partial charge on any atom is 0.342 e. The van der Waals surface area contributed by atoms with Crippen LogP contribution in [0.4, 0.5) is 5.82 Å². The molecule has 25 heavy (non-hydrogen) atoms. The fourth-order valence-electron chi connectivity index (χ4n) is 2.76. The maximum absolute atomic E-state index is 12.3. The van der Waals surface area contributed by atoms with E-state index in [4.69, 9.17) is 4.74 Å². The number of hydrogen-bond donors (Lipinski definition) is 0. The third-order valence-corrected chi connectivity index (χ3v) is 3.97. The standard InChI is InChI=1S/C19H22N4O2/c1-13(2)25-19(24)14-8-7-11-20-18(14)22(3)12-17-21-15-9-5-6-10-16(15)23(17)4/h5-11,13H,12H2,1-4H3. The summed E-state index contributed by atoms with van der Waals surface area (Å²) in [7, 11) is 3.89. The molecule has 3 rings (SSSR count). The molecule has 0 spiro atoms. The molecule has 0 aliphatic heterocycles. The van der Waals surface area contributed by atoms with Gasteiger partial charge in [0.25, 0.3) is 0 Å². The van der Waals surface area contributed by atoms with E-state index < -0.39 is 0 Å². The van der Waals surface area contributed by atoms with E-state index in [2.05, 4.69) is 14.5 Å². The SMILES string of the molecule is CC(C)OC(=O)c1cccnc1N(C)Cc1nc2ccccc2n1C. The number of ether oxygens (including phenoxy) is 1. The van der Waals surface area contributed by atoms with Crippen LogP contribution in [-0.4, -0.2) is 33.7 Å². The Balaban J connectivity index is 1.89. The minimum Gasteiger partial charge on any atom is -0.459 e. The Morgan fingerprint density at radius 1 is 1.24 bits per heavy atom. The monoisotopic (exact) mass is 338 g/mol. The third kappa shape index (κ3) is 3.47. The van der Waals surface area contributed by atoms with Gasteiger partial charge in [-0.25, -0.2) is 14.8 Å². The zero-order valence-corrected chi connectivity index (χ0v) is 14.9. The van der Waals surface area contributed by atoms with Crippen molar-refractivity contribution in [1.29, 1.82) is 0 Å². The van der Waals surface area contributed by atoms with Crippen molar-refractivity contribution in [2.45, 2.75) is 26.5 Å². The number of benzene rings is 1. The number of carbonyl (C=O) groups excluding carboxylic acids is 1. The maximum atomic E-state index is 12.3. The molecule has 2 aromatic heterocycles. The summed E-state index contributed by atoms with van der Waals surface area (Å²) >= 11 is 0. The van der Waals surface area contributed by atoms with Crippen molar-refractivity contribution in [3.63, 3.8) is 0 Å². The summed E-state index contributed by atoms with van der Waals surface area (Å²) in [5, 5.41) is 0. The summed E-state index contributed by atoms with van der Waals surface area (Å²) in [4.78, 5) is 23.3. The second-order valence-corrected chi connectivity index (χ2v) is 6.26. The molecule has 0 radical (unpaired) electrons. The van der Waals surface area contributed by atoms with Crippen LogP contribution < -0.4 is 4.90 Å². The molecule has 0 bridgehead atoms.